The van der Waals surface area contributed by atoms with Gasteiger partial charge in [0.25, 0.3) is 0 Å². The zero-order valence-corrected chi connectivity index (χ0v) is 12.6. The summed E-state index contributed by atoms with van der Waals surface area (Å²) in [6.45, 7) is 5.87. The minimum Gasteiger partial charge on any atom is -0.380 e. The van der Waals surface area contributed by atoms with Crippen molar-refractivity contribution < 1.29 is 4.74 Å². The third kappa shape index (κ3) is 4.38. The van der Waals surface area contributed by atoms with Crippen molar-refractivity contribution in [2.75, 3.05) is 26.3 Å². The summed E-state index contributed by atoms with van der Waals surface area (Å²) < 4.78 is 7.05. The first-order valence-electron chi connectivity index (χ1n) is 6.84. The van der Waals surface area contributed by atoms with Gasteiger partial charge < -0.3 is 10.1 Å². The molecule has 2 rings (SSSR count). The van der Waals surface area contributed by atoms with Crippen LogP contribution in [-0.2, 0) is 4.74 Å². The van der Waals surface area contributed by atoms with Crippen LogP contribution in [0.4, 0.5) is 0 Å². The zero-order chi connectivity index (χ0) is 12.8. The molecule has 18 heavy (non-hydrogen) atoms. The van der Waals surface area contributed by atoms with Crippen LogP contribution >= 0.6 is 15.9 Å². The highest BCUT2D eigenvalue weighted by molar-refractivity contribution is 9.10. The fourth-order valence-corrected chi connectivity index (χ4v) is 2.65. The van der Waals surface area contributed by atoms with Crippen LogP contribution in [0.15, 0.2) is 28.7 Å². The average Bonchev–Trinajstić information content (AvgIpc) is 3.19. The van der Waals surface area contributed by atoms with Crippen LogP contribution in [0.25, 0.3) is 0 Å². The molecule has 0 heterocycles. The highest BCUT2D eigenvalue weighted by atomic mass is 79.9. The summed E-state index contributed by atoms with van der Waals surface area (Å²) in [6, 6.07) is 8.45. The molecule has 0 saturated heterocycles. The summed E-state index contributed by atoms with van der Waals surface area (Å²) in [5, 5.41) is 3.43. The molecule has 0 aromatic heterocycles. The second-order valence-corrected chi connectivity index (χ2v) is 5.86. The second kappa shape index (κ2) is 7.27. The van der Waals surface area contributed by atoms with Gasteiger partial charge in [-0.2, -0.15) is 0 Å². The molecule has 3 heteroatoms. The minimum absolute atomic E-state index is 0.430. The van der Waals surface area contributed by atoms with Gasteiger partial charge in [0.05, 0.1) is 6.61 Å². The average molecular weight is 312 g/mol. The van der Waals surface area contributed by atoms with Gasteiger partial charge in [0.2, 0.25) is 0 Å². The number of nitrogens with one attached hydrogen (secondary N) is 1. The van der Waals surface area contributed by atoms with Crippen LogP contribution in [0.2, 0.25) is 0 Å². The van der Waals surface area contributed by atoms with Gasteiger partial charge in [-0.3, -0.25) is 0 Å². The number of ether oxygens (including phenoxy) is 1. The molecule has 0 amide bonds. The molecule has 1 aromatic rings. The normalized spacial score (nSPS) is 16.8. The summed E-state index contributed by atoms with van der Waals surface area (Å²) >= 11 is 3.64. The molecule has 1 unspecified atom stereocenters. The van der Waals surface area contributed by atoms with E-state index in [2.05, 4.69) is 52.4 Å². The first-order valence-corrected chi connectivity index (χ1v) is 7.63. The summed E-state index contributed by atoms with van der Waals surface area (Å²) in [5.41, 5.74) is 1.34. The van der Waals surface area contributed by atoms with Crippen molar-refractivity contribution >= 4 is 15.9 Å². The van der Waals surface area contributed by atoms with Crippen LogP contribution < -0.4 is 5.32 Å². The second-order valence-electron chi connectivity index (χ2n) is 5.01. The van der Waals surface area contributed by atoms with Gasteiger partial charge in [0.1, 0.15) is 0 Å². The van der Waals surface area contributed by atoms with Gasteiger partial charge >= 0.3 is 0 Å². The molecule has 1 atom stereocenters. The van der Waals surface area contributed by atoms with Crippen molar-refractivity contribution in [2.45, 2.75) is 25.7 Å². The van der Waals surface area contributed by atoms with E-state index in [1.165, 1.54) is 22.9 Å². The standard InChI is InChI=1S/C15H22BrNO/c1-2-17-9-13(11-18-10-12-7-8-12)14-5-3-4-6-15(14)16/h3-6,12-13,17H,2,7-11H2,1H3. The van der Waals surface area contributed by atoms with Crippen molar-refractivity contribution in [3.05, 3.63) is 34.3 Å². The van der Waals surface area contributed by atoms with E-state index in [4.69, 9.17) is 4.74 Å². The highest BCUT2D eigenvalue weighted by Gasteiger charge is 2.22. The fourth-order valence-electron chi connectivity index (χ4n) is 2.04. The maximum Gasteiger partial charge on any atom is 0.0547 e. The van der Waals surface area contributed by atoms with Crippen molar-refractivity contribution in [3.63, 3.8) is 0 Å². The third-order valence-corrected chi connectivity index (χ3v) is 4.08. The minimum atomic E-state index is 0.430. The Labute approximate surface area is 118 Å². The summed E-state index contributed by atoms with van der Waals surface area (Å²) in [7, 11) is 0. The molecule has 1 aliphatic rings. The third-order valence-electron chi connectivity index (χ3n) is 3.36. The molecule has 0 spiro atoms. The highest BCUT2D eigenvalue weighted by Crippen LogP contribution is 2.30. The van der Waals surface area contributed by atoms with Crippen LogP contribution in [0.1, 0.15) is 31.2 Å². The molecule has 1 fully saturated rings. The molecule has 1 aromatic carbocycles. The number of hydrogen-bond donors (Lipinski definition) is 1. The van der Waals surface area contributed by atoms with Gasteiger partial charge in [-0.25, -0.2) is 0 Å². The number of benzene rings is 1. The van der Waals surface area contributed by atoms with Crippen molar-refractivity contribution in [1.82, 2.24) is 5.32 Å². The fraction of sp³-hybridized carbons (Fsp3) is 0.600. The van der Waals surface area contributed by atoms with Gasteiger partial charge in [-0.1, -0.05) is 41.1 Å². The molecule has 100 valence electrons. The first-order chi connectivity index (χ1) is 8.81. The summed E-state index contributed by atoms with van der Waals surface area (Å²) in [5.74, 6) is 1.27. The predicted octanol–water partition coefficient (Wildman–Crippen LogP) is 3.57. The van der Waals surface area contributed by atoms with Crippen LogP contribution in [0, 0.1) is 5.92 Å². The molecule has 0 radical (unpaired) electrons. The largest absolute Gasteiger partial charge is 0.380 e. The van der Waals surface area contributed by atoms with E-state index >= 15 is 0 Å². The molecule has 1 N–H and O–H groups in total. The molecule has 2 nitrogen and oxygen atoms in total. The van der Waals surface area contributed by atoms with E-state index in [1.54, 1.807) is 0 Å². The Morgan fingerprint density at radius 2 is 2.17 bits per heavy atom. The molecule has 1 saturated carbocycles. The van der Waals surface area contributed by atoms with Gasteiger partial charge in [-0.15, -0.1) is 0 Å². The Kier molecular flexibility index (Phi) is 5.67. The topological polar surface area (TPSA) is 21.3 Å². The van der Waals surface area contributed by atoms with Crippen LogP contribution in [0.3, 0.4) is 0 Å². The van der Waals surface area contributed by atoms with E-state index in [-0.39, 0.29) is 0 Å². The smallest absolute Gasteiger partial charge is 0.0547 e. The lowest BCUT2D eigenvalue weighted by Crippen LogP contribution is -2.25. The van der Waals surface area contributed by atoms with Gasteiger partial charge in [-0.05, 0) is 36.9 Å². The van der Waals surface area contributed by atoms with Crippen molar-refractivity contribution in [1.29, 1.82) is 0 Å². The Hall–Kier alpha value is -0.380. The number of likely N-dealkylation sites (N-methyl/N-ethyl adjacent to an activating group) is 1. The molecule has 1 aliphatic carbocycles. The Morgan fingerprint density at radius 1 is 1.39 bits per heavy atom. The molecule has 0 bridgehead atoms. The quantitative estimate of drug-likeness (QED) is 0.792. The van der Waals surface area contributed by atoms with Gasteiger partial charge in [0, 0.05) is 23.5 Å². The summed E-state index contributed by atoms with van der Waals surface area (Å²) in [4.78, 5) is 0. The van der Waals surface area contributed by atoms with Crippen molar-refractivity contribution in [3.8, 4) is 0 Å². The number of hydrogen-bond acceptors (Lipinski definition) is 2. The van der Waals surface area contributed by atoms with Crippen LogP contribution in [0.5, 0.6) is 0 Å². The Bertz CT molecular complexity index is 365. The summed E-state index contributed by atoms with van der Waals surface area (Å²) in [6.07, 6.45) is 2.71. The maximum absolute atomic E-state index is 5.87. The van der Waals surface area contributed by atoms with E-state index in [1.807, 2.05) is 0 Å². The zero-order valence-electron chi connectivity index (χ0n) is 11.0. The SMILES string of the molecule is CCNCC(COCC1CC1)c1ccccc1Br. The Morgan fingerprint density at radius 3 is 2.83 bits per heavy atom. The first kappa shape index (κ1) is 14.0. The van der Waals surface area contributed by atoms with Gasteiger partial charge in [0.15, 0.2) is 0 Å². The molecular weight excluding hydrogens is 290 g/mol. The number of halogens is 1. The molecule has 0 aliphatic heterocycles. The van der Waals surface area contributed by atoms with Crippen molar-refractivity contribution in [2.24, 2.45) is 5.92 Å². The van der Waals surface area contributed by atoms with E-state index in [0.29, 0.717) is 5.92 Å². The van der Waals surface area contributed by atoms with E-state index in [9.17, 15) is 0 Å². The lowest BCUT2D eigenvalue weighted by Gasteiger charge is -2.19. The number of rotatable bonds is 8. The molecular formula is C15H22BrNO. The Balaban J connectivity index is 1.91. The maximum atomic E-state index is 5.87. The van der Waals surface area contributed by atoms with E-state index in [0.717, 1.165) is 32.2 Å². The van der Waals surface area contributed by atoms with E-state index < -0.39 is 0 Å². The lowest BCUT2D eigenvalue weighted by molar-refractivity contribution is 0.110. The monoisotopic (exact) mass is 311 g/mol. The lowest BCUT2D eigenvalue weighted by atomic mass is 10.00. The predicted molar refractivity (Wildman–Crippen MR) is 79.0 cm³/mol. The van der Waals surface area contributed by atoms with Crippen LogP contribution in [-0.4, -0.2) is 26.3 Å².